The molecular formula is C17H22N2O2. The Bertz CT molecular complexity index is 532. The van der Waals surface area contributed by atoms with Crippen LogP contribution in [0, 0.1) is 6.57 Å². The molecule has 1 aromatic carbocycles. The Morgan fingerprint density at radius 2 is 1.81 bits per heavy atom. The molecule has 4 nitrogen and oxygen atoms in total. The van der Waals surface area contributed by atoms with Gasteiger partial charge in [-0.1, -0.05) is 30.3 Å². The molecule has 0 atom stereocenters. The van der Waals surface area contributed by atoms with E-state index < -0.39 is 11.1 Å². The van der Waals surface area contributed by atoms with Gasteiger partial charge in [0.05, 0.1) is 0 Å². The minimum absolute atomic E-state index is 0.283. The van der Waals surface area contributed by atoms with E-state index in [1.54, 1.807) is 4.90 Å². The highest BCUT2D eigenvalue weighted by Gasteiger charge is 2.43. The number of rotatable bonds is 1. The zero-order valence-corrected chi connectivity index (χ0v) is 12.9. The predicted octanol–water partition coefficient (Wildman–Crippen LogP) is 3.83. The molecule has 0 aromatic heterocycles. The molecule has 4 heteroatoms. The fourth-order valence-corrected chi connectivity index (χ4v) is 2.60. The monoisotopic (exact) mass is 286 g/mol. The summed E-state index contributed by atoms with van der Waals surface area (Å²) in [4.78, 5) is 17.7. The van der Waals surface area contributed by atoms with Crippen LogP contribution in [-0.4, -0.2) is 29.7 Å². The Morgan fingerprint density at radius 1 is 1.24 bits per heavy atom. The first-order valence-corrected chi connectivity index (χ1v) is 7.28. The van der Waals surface area contributed by atoms with E-state index in [1.165, 1.54) is 0 Å². The first-order valence-electron chi connectivity index (χ1n) is 7.28. The van der Waals surface area contributed by atoms with E-state index in [0.29, 0.717) is 25.9 Å². The molecule has 0 radical (unpaired) electrons. The Labute approximate surface area is 126 Å². The molecule has 1 saturated heterocycles. The summed E-state index contributed by atoms with van der Waals surface area (Å²) in [5, 5.41) is 0. The number of nitrogens with zero attached hydrogens (tertiary/aromatic N) is 2. The van der Waals surface area contributed by atoms with Crippen LogP contribution in [0.4, 0.5) is 4.79 Å². The molecule has 0 spiro atoms. The van der Waals surface area contributed by atoms with Crippen LogP contribution in [0.1, 0.15) is 39.2 Å². The zero-order chi connectivity index (χ0) is 15.5. The maximum atomic E-state index is 12.1. The molecular weight excluding hydrogens is 264 g/mol. The summed E-state index contributed by atoms with van der Waals surface area (Å²) < 4.78 is 5.39. The van der Waals surface area contributed by atoms with Crippen molar-refractivity contribution in [3.05, 3.63) is 47.3 Å². The standard InChI is InChI=1S/C17H22N2O2/c1-16(2,3)21-15(20)19-12-10-17(18-4,11-13-19)14-8-6-5-7-9-14/h5-9H,10-13H2,1-3H3. The van der Waals surface area contributed by atoms with Gasteiger partial charge < -0.3 is 14.5 Å². The molecule has 0 bridgehead atoms. The summed E-state index contributed by atoms with van der Waals surface area (Å²) >= 11 is 0. The molecule has 112 valence electrons. The largest absolute Gasteiger partial charge is 0.444 e. The van der Waals surface area contributed by atoms with Crippen LogP contribution in [0.5, 0.6) is 0 Å². The second-order valence-corrected chi connectivity index (χ2v) is 6.48. The first-order chi connectivity index (χ1) is 9.86. The van der Waals surface area contributed by atoms with Crippen molar-refractivity contribution in [1.29, 1.82) is 0 Å². The second-order valence-electron chi connectivity index (χ2n) is 6.48. The Kier molecular flexibility index (Phi) is 4.22. The molecule has 1 heterocycles. The highest BCUT2D eigenvalue weighted by atomic mass is 16.6. The Hall–Kier alpha value is -2.02. The van der Waals surface area contributed by atoms with Gasteiger partial charge in [0, 0.05) is 31.5 Å². The van der Waals surface area contributed by atoms with Gasteiger partial charge in [0.2, 0.25) is 0 Å². The molecule has 0 unspecified atom stereocenters. The maximum absolute atomic E-state index is 12.1. The van der Waals surface area contributed by atoms with Gasteiger partial charge in [0.25, 0.3) is 5.54 Å². The van der Waals surface area contributed by atoms with Crippen LogP contribution in [0.3, 0.4) is 0 Å². The average molecular weight is 286 g/mol. The maximum Gasteiger partial charge on any atom is 0.410 e. The molecule has 1 fully saturated rings. The zero-order valence-electron chi connectivity index (χ0n) is 12.9. The lowest BCUT2D eigenvalue weighted by Gasteiger charge is -2.35. The molecule has 0 saturated carbocycles. The summed E-state index contributed by atoms with van der Waals surface area (Å²) in [5.74, 6) is 0. The number of hydrogen-bond donors (Lipinski definition) is 0. The van der Waals surface area contributed by atoms with Crippen LogP contribution in [0.25, 0.3) is 4.85 Å². The fraction of sp³-hybridized carbons (Fsp3) is 0.529. The van der Waals surface area contributed by atoms with Crippen molar-refractivity contribution in [2.45, 2.75) is 44.8 Å². The van der Waals surface area contributed by atoms with Gasteiger partial charge in [0.15, 0.2) is 0 Å². The molecule has 1 aliphatic heterocycles. The fourth-order valence-electron chi connectivity index (χ4n) is 2.60. The number of benzene rings is 1. The highest BCUT2D eigenvalue weighted by Crippen LogP contribution is 2.37. The van der Waals surface area contributed by atoms with E-state index in [1.807, 2.05) is 51.1 Å². The smallest absolute Gasteiger partial charge is 0.410 e. The molecule has 21 heavy (non-hydrogen) atoms. The third-order valence-corrected chi connectivity index (χ3v) is 3.77. The van der Waals surface area contributed by atoms with Crippen molar-refractivity contribution in [2.24, 2.45) is 0 Å². The van der Waals surface area contributed by atoms with Gasteiger partial charge in [-0.05, 0) is 20.8 Å². The van der Waals surface area contributed by atoms with E-state index in [4.69, 9.17) is 11.3 Å². The van der Waals surface area contributed by atoms with Crippen LogP contribution < -0.4 is 0 Å². The minimum atomic E-state index is -0.500. The van der Waals surface area contributed by atoms with Gasteiger partial charge in [-0.15, -0.1) is 0 Å². The lowest BCUT2D eigenvalue weighted by molar-refractivity contribution is 0.0182. The van der Waals surface area contributed by atoms with Gasteiger partial charge in [0.1, 0.15) is 5.60 Å². The van der Waals surface area contributed by atoms with Crippen molar-refractivity contribution in [3.8, 4) is 0 Å². The summed E-state index contributed by atoms with van der Waals surface area (Å²) in [6.45, 7) is 14.3. The SMILES string of the molecule is [C-]#[N+]C1(c2ccccc2)CCN(C(=O)OC(C)(C)C)CC1. The lowest BCUT2D eigenvalue weighted by atomic mass is 9.82. The third kappa shape index (κ3) is 3.55. The van der Waals surface area contributed by atoms with Crippen molar-refractivity contribution in [2.75, 3.05) is 13.1 Å². The summed E-state index contributed by atoms with van der Waals surface area (Å²) in [6, 6.07) is 9.88. The number of piperidine rings is 1. The average Bonchev–Trinajstić information content (AvgIpc) is 2.46. The molecule has 0 aliphatic carbocycles. The second kappa shape index (κ2) is 5.77. The normalized spacial score (nSPS) is 17.9. The van der Waals surface area contributed by atoms with Crippen molar-refractivity contribution in [1.82, 2.24) is 4.90 Å². The predicted molar refractivity (Wildman–Crippen MR) is 81.8 cm³/mol. The number of amides is 1. The summed E-state index contributed by atoms with van der Waals surface area (Å²) in [7, 11) is 0. The van der Waals surface area contributed by atoms with E-state index in [2.05, 4.69) is 4.85 Å². The molecule has 1 aliphatic rings. The van der Waals surface area contributed by atoms with Crippen LogP contribution in [0.2, 0.25) is 0 Å². The van der Waals surface area contributed by atoms with Gasteiger partial charge in [-0.25, -0.2) is 11.4 Å². The van der Waals surface area contributed by atoms with E-state index >= 15 is 0 Å². The number of likely N-dealkylation sites (tertiary alicyclic amines) is 1. The molecule has 1 aromatic rings. The van der Waals surface area contributed by atoms with Gasteiger partial charge in [-0.3, -0.25) is 0 Å². The van der Waals surface area contributed by atoms with Crippen LogP contribution in [0.15, 0.2) is 30.3 Å². The van der Waals surface area contributed by atoms with E-state index in [9.17, 15) is 4.79 Å². The number of ether oxygens (including phenoxy) is 1. The van der Waals surface area contributed by atoms with Crippen molar-refractivity contribution in [3.63, 3.8) is 0 Å². The van der Waals surface area contributed by atoms with E-state index in [-0.39, 0.29) is 6.09 Å². The number of carbonyl (C=O) groups excluding carboxylic acids is 1. The number of carbonyl (C=O) groups is 1. The quantitative estimate of drug-likeness (QED) is 0.735. The minimum Gasteiger partial charge on any atom is -0.444 e. The highest BCUT2D eigenvalue weighted by molar-refractivity contribution is 5.68. The lowest BCUT2D eigenvalue weighted by Crippen LogP contribution is -2.45. The third-order valence-electron chi connectivity index (χ3n) is 3.77. The van der Waals surface area contributed by atoms with Crippen molar-refractivity contribution < 1.29 is 9.53 Å². The Morgan fingerprint density at radius 3 is 2.29 bits per heavy atom. The topological polar surface area (TPSA) is 33.9 Å². The van der Waals surface area contributed by atoms with Gasteiger partial charge in [-0.2, -0.15) is 0 Å². The van der Waals surface area contributed by atoms with E-state index in [0.717, 1.165) is 5.56 Å². The molecule has 1 amide bonds. The van der Waals surface area contributed by atoms with Crippen LogP contribution >= 0.6 is 0 Å². The summed E-state index contributed by atoms with van der Waals surface area (Å²) in [6.07, 6.45) is 1.02. The molecule has 2 rings (SSSR count). The van der Waals surface area contributed by atoms with Gasteiger partial charge >= 0.3 is 6.09 Å². The van der Waals surface area contributed by atoms with Crippen molar-refractivity contribution >= 4 is 6.09 Å². The molecule has 0 N–H and O–H groups in total. The number of hydrogen-bond acceptors (Lipinski definition) is 2. The van der Waals surface area contributed by atoms with Crippen LogP contribution in [-0.2, 0) is 10.3 Å². The Balaban J connectivity index is 2.05. The first kappa shape index (κ1) is 15.4. The summed E-state index contributed by atoms with van der Waals surface area (Å²) in [5.41, 5.74) is 0.0637.